The topological polar surface area (TPSA) is 45.7 Å². The molecule has 14 heavy (non-hydrogen) atoms. The van der Waals surface area contributed by atoms with E-state index < -0.39 is 0 Å². The Bertz CT molecular complexity index is 223. The van der Waals surface area contributed by atoms with E-state index in [0.717, 1.165) is 38.8 Å². The fourth-order valence-corrected chi connectivity index (χ4v) is 1.66. The van der Waals surface area contributed by atoms with E-state index in [1.165, 1.54) is 12.8 Å². The first-order valence-electron chi connectivity index (χ1n) is 5.38. The average Bonchev–Trinajstić information content (AvgIpc) is 2.40. The minimum atomic E-state index is 0.316. The largest absolute Gasteiger partial charge is 0.380 e. The standard InChI is InChI=1S/C10H19N3O/c1-10(7-14-8-10)6-13-9-11-4-2-3-5-12-9/h2-8H2,1H3,(H2,11,12,13). The van der Waals surface area contributed by atoms with Gasteiger partial charge in [-0.25, -0.2) is 0 Å². The van der Waals surface area contributed by atoms with Crippen molar-refractivity contribution in [3.63, 3.8) is 0 Å². The van der Waals surface area contributed by atoms with Gasteiger partial charge in [0.2, 0.25) is 0 Å². The van der Waals surface area contributed by atoms with Crippen molar-refractivity contribution in [1.82, 2.24) is 10.6 Å². The summed E-state index contributed by atoms with van der Waals surface area (Å²) in [7, 11) is 0. The van der Waals surface area contributed by atoms with Crippen LogP contribution in [0, 0.1) is 5.41 Å². The molecule has 0 aromatic heterocycles. The van der Waals surface area contributed by atoms with Crippen molar-refractivity contribution in [1.29, 1.82) is 0 Å². The molecule has 0 aliphatic carbocycles. The summed E-state index contributed by atoms with van der Waals surface area (Å²) >= 11 is 0. The quantitative estimate of drug-likeness (QED) is 0.671. The molecule has 2 aliphatic rings. The Morgan fingerprint density at radius 3 is 3.07 bits per heavy atom. The summed E-state index contributed by atoms with van der Waals surface area (Å²) in [5, 5.41) is 6.66. The van der Waals surface area contributed by atoms with Gasteiger partial charge in [-0.15, -0.1) is 0 Å². The highest BCUT2D eigenvalue weighted by atomic mass is 16.5. The lowest BCUT2D eigenvalue weighted by atomic mass is 9.89. The maximum absolute atomic E-state index is 5.20. The third kappa shape index (κ3) is 2.38. The van der Waals surface area contributed by atoms with Crippen LogP contribution in [0.2, 0.25) is 0 Å². The molecule has 1 fully saturated rings. The number of nitrogens with zero attached hydrogens (tertiary/aromatic N) is 1. The van der Waals surface area contributed by atoms with Crippen LogP contribution in [0.3, 0.4) is 0 Å². The van der Waals surface area contributed by atoms with E-state index in [9.17, 15) is 0 Å². The van der Waals surface area contributed by atoms with Gasteiger partial charge in [-0.1, -0.05) is 6.92 Å². The van der Waals surface area contributed by atoms with E-state index in [0.29, 0.717) is 5.41 Å². The van der Waals surface area contributed by atoms with Gasteiger partial charge < -0.3 is 15.4 Å². The molecule has 4 nitrogen and oxygen atoms in total. The van der Waals surface area contributed by atoms with Gasteiger partial charge in [0.15, 0.2) is 5.96 Å². The molecule has 4 heteroatoms. The number of rotatable bonds is 2. The molecule has 0 radical (unpaired) electrons. The van der Waals surface area contributed by atoms with Crippen LogP contribution in [-0.2, 0) is 4.74 Å². The van der Waals surface area contributed by atoms with Crippen LogP contribution in [-0.4, -0.2) is 38.8 Å². The van der Waals surface area contributed by atoms with Gasteiger partial charge in [0.1, 0.15) is 0 Å². The Hall–Kier alpha value is -0.770. The zero-order chi connectivity index (χ0) is 9.86. The highest BCUT2D eigenvalue weighted by Crippen LogP contribution is 2.24. The Kier molecular flexibility index (Phi) is 2.91. The number of hydrogen-bond donors (Lipinski definition) is 2. The number of guanidine groups is 1. The van der Waals surface area contributed by atoms with Crippen molar-refractivity contribution in [2.75, 3.05) is 32.8 Å². The number of aliphatic imine (C=N–C) groups is 1. The van der Waals surface area contributed by atoms with E-state index >= 15 is 0 Å². The molecule has 2 N–H and O–H groups in total. The molecule has 2 aliphatic heterocycles. The van der Waals surface area contributed by atoms with Gasteiger partial charge in [-0.2, -0.15) is 0 Å². The van der Waals surface area contributed by atoms with Gasteiger partial charge in [0.25, 0.3) is 0 Å². The first kappa shape index (κ1) is 9.77. The average molecular weight is 197 g/mol. The predicted molar refractivity (Wildman–Crippen MR) is 56.5 cm³/mol. The summed E-state index contributed by atoms with van der Waals surface area (Å²) in [5.41, 5.74) is 0.316. The maximum Gasteiger partial charge on any atom is 0.191 e. The molecule has 0 amide bonds. The first-order valence-corrected chi connectivity index (χ1v) is 5.38. The summed E-state index contributed by atoms with van der Waals surface area (Å²) in [6, 6.07) is 0. The SMILES string of the molecule is CC1(CNC2=NCCCCN2)COC1. The highest BCUT2D eigenvalue weighted by molar-refractivity contribution is 5.79. The summed E-state index contributed by atoms with van der Waals surface area (Å²) in [5.74, 6) is 0.968. The fourth-order valence-electron chi connectivity index (χ4n) is 1.66. The Balaban J connectivity index is 1.75. The van der Waals surface area contributed by atoms with Crippen LogP contribution in [0.1, 0.15) is 19.8 Å². The van der Waals surface area contributed by atoms with Crippen LogP contribution in [0.15, 0.2) is 4.99 Å². The predicted octanol–water partition coefficient (Wildman–Crippen LogP) is 0.352. The normalized spacial score (nSPS) is 25.4. The molecular weight excluding hydrogens is 178 g/mol. The van der Waals surface area contributed by atoms with Crippen LogP contribution < -0.4 is 10.6 Å². The zero-order valence-electron chi connectivity index (χ0n) is 8.81. The lowest BCUT2D eigenvalue weighted by Gasteiger charge is -2.38. The Morgan fingerprint density at radius 2 is 2.36 bits per heavy atom. The van der Waals surface area contributed by atoms with Crippen LogP contribution in [0.5, 0.6) is 0 Å². The van der Waals surface area contributed by atoms with Gasteiger partial charge in [0, 0.05) is 25.0 Å². The monoisotopic (exact) mass is 197 g/mol. The highest BCUT2D eigenvalue weighted by Gasteiger charge is 2.33. The van der Waals surface area contributed by atoms with E-state index in [1.54, 1.807) is 0 Å². The summed E-state index contributed by atoms with van der Waals surface area (Å²) in [6.45, 7) is 6.92. The minimum Gasteiger partial charge on any atom is -0.380 e. The Labute approximate surface area is 85.1 Å². The molecule has 80 valence electrons. The van der Waals surface area contributed by atoms with Crippen molar-refractivity contribution in [3.8, 4) is 0 Å². The minimum absolute atomic E-state index is 0.316. The molecule has 2 heterocycles. The van der Waals surface area contributed by atoms with Crippen molar-refractivity contribution < 1.29 is 4.74 Å². The zero-order valence-corrected chi connectivity index (χ0v) is 8.81. The molecule has 0 atom stereocenters. The smallest absolute Gasteiger partial charge is 0.191 e. The fraction of sp³-hybridized carbons (Fsp3) is 0.900. The lowest BCUT2D eigenvalue weighted by molar-refractivity contribution is -0.0971. The van der Waals surface area contributed by atoms with Crippen LogP contribution in [0.4, 0.5) is 0 Å². The molecular formula is C10H19N3O. The van der Waals surface area contributed by atoms with E-state index in [2.05, 4.69) is 22.5 Å². The number of ether oxygens (including phenoxy) is 1. The number of nitrogens with one attached hydrogen (secondary N) is 2. The van der Waals surface area contributed by atoms with E-state index in [-0.39, 0.29) is 0 Å². The molecule has 1 saturated heterocycles. The summed E-state index contributed by atoms with van der Waals surface area (Å²) in [6.07, 6.45) is 2.41. The Morgan fingerprint density at radius 1 is 1.50 bits per heavy atom. The molecule has 2 rings (SSSR count). The van der Waals surface area contributed by atoms with Gasteiger partial charge >= 0.3 is 0 Å². The van der Waals surface area contributed by atoms with Crippen molar-refractivity contribution >= 4 is 5.96 Å². The second-order valence-corrected chi connectivity index (χ2v) is 4.52. The van der Waals surface area contributed by atoms with Gasteiger partial charge in [0.05, 0.1) is 13.2 Å². The lowest BCUT2D eigenvalue weighted by Crippen LogP contribution is -2.51. The third-order valence-electron chi connectivity index (χ3n) is 2.73. The van der Waals surface area contributed by atoms with Crippen LogP contribution in [0.25, 0.3) is 0 Å². The van der Waals surface area contributed by atoms with E-state index in [1.807, 2.05) is 0 Å². The molecule has 0 unspecified atom stereocenters. The molecule has 0 bridgehead atoms. The maximum atomic E-state index is 5.20. The van der Waals surface area contributed by atoms with Crippen molar-refractivity contribution in [2.24, 2.45) is 10.4 Å². The van der Waals surface area contributed by atoms with Crippen molar-refractivity contribution in [3.05, 3.63) is 0 Å². The number of hydrogen-bond acceptors (Lipinski definition) is 4. The van der Waals surface area contributed by atoms with Gasteiger partial charge in [-0.3, -0.25) is 4.99 Å². The summed E-state index contributed by atoms with van der Waals surface area (Å²) in [4.78, 5) is 4.44. The van der Waals surface area contributed by atoms with Crippen LogP contribution >= 0.6 is 0 Å². The van der Waals surface area contributed by atoms with Gasteiger partial charge in [-0.05, 0) is 12.8 Å². The molecule has 0 aromatic rings. The van der Waals surface area contributed by atoms with Crippen molar-refractivity contribution in [2.45, 2.75) is 19.8 Å². The second kappa shape index (κ2) is 4.17. The first-order chi connectivity index (χ1) is 6.79. The molecule has 0 spiro atoms. The van der Waals surface area contributed by atoms with E-state index in [4.69, 9.17) is 4.74 Å². The third-order valence-corrected chi connectivity index (χ3v) is 2.73. The second-order valence-electron chi connectivity index (χ2n) is 4.52. The molecule has 0 aromatic carbocycles. The molecule has 0 saturated carbocycles. The summed E-state index contributed by atoms with van der Waals surface area (Å²) < 4.78 is 5.20.